The number of hydrogen-bond donors (Lipinski definition) is 2. The van der Waals surface area contributed by atoms with E-state index >= 15 is 0 Å². The first-order valence-electron chi connectivity index (χ1n) is 11.0. The maximum atomic E-state index is 11.4. The topological polar surface area (TPSA) is 58.9 Å². The molecule has 0 aliphatic rings. The second kappa shape index (κ2) is 17.0. The van der Waals surface area contributed by atoms with Gasteiger partial charge in [-0.15, -0.1) is 0 Å². The molecular formula is C22H46O4. The van der Waals surface area contributed by atoms with Crippen molar-refractivity contribution in [2.24, 2.45) is 11.8 Å². The third-order valence-corrected chi connectivity index (χ3v) is 5.40. The summed E-state index contributed by atoms with van der Waals surface area (Å²) in [5.41, 5.74) is -0.736. The van der Waals surface area contributed by atoms with E-state index in [2.05, 4.69) is 27.7 Å². The van der Waals surface area contributed by atoms with E-state index in [1.54, 1.807) is 0 Å². The van der Waals surface area contributed by atoms with Crippen LogP contribution in [0.4, 0.5) is 0 Å². The monoisotopic (exact) mass is 374 g/mol. The molecule has 0 heterocycles. The van der Waals surface area contributed by atoms with Crippen molar-refractivity contribution in [2.45, 2.75) is 97.5 Å². The Balaban J connectivity index is 4.70. The lowest BCUT2D eigenvalue weighted by molar-refractivity contribution is -0.0855. The first kappa shape index (κ1) is 25.8. The van der Waals surface area contributed by atoms with Crippen molar-refractivity contribution in [2.75, 3.05) is 33.0 Å². The Morgan fingerprint density at radius 3 is 1.69 bits per heavy atom. The van der Waals surface area contributed by atoms with Gasteiger partial charge in [-0.05, 0) is 24.7 Å². The van der Waals surface area contributed by atoms with Crippen LogP contribution in [0, 0.1) is 11.8 Å². The zero-order valence-electron chi connectivity index (χ0n) is 18.0. The Morgan fingerprint density at radius 2 is 1.27 bits per heavy atom. The summed E-state index contributed by atoms with van der Waals surface area (Å²) in [6.45, 7) is 10.6. The number of unbranched alkanes of at least 4 members (excludes halogenated alkanes) is 2. The summed E-state index contributed by atoms with van der Waals surface area (Å²) in [5.74, 6) is 1.13. The normalized spacial score (nSPS) is 16.4. The van der Waals surface area contributed by atoms with Crippen molar-refractivity contribution in [1.82, 2.24) is 0 Å². The quantitative estimate of drug-likeness (QED) is 0.314. The summed E-state index contributed by atoms with van der Waals surface area (Å²) in [4.78, 5) is 0. The molecule has 0 spiro atoms. The Hall–Kier alpha value is -0.160. The summed E-state index contributed by atoms with van der Waals surface area (Å²) >= 11 is 0. The molecule has 0 aromatic rings. The van der Waals surface area contributed by atoms with Crippen molar-refractivity contribution in [3.63, 3.8) is 0 Å². The second-order valence-corrected chi connectivity index (χ2v) is 7.85. The van der Waals surface area contributed by atoms with Crippen molar-refractivity contribution in [3.05, 3.63) is 0 Å². The molecule has 0 aliphatic carbocycles. The molecule has 0 saturated carbocycles. The van der Waals surface area contributed by atoms with Gasteiger partial charge in [0.05, 0.1) is 38.6 Å². The maximum absolute atomic E-state index is 11.4. The Morgan fingerprint density at radius 1 is 0.769 bits per heavy atom. The molecule has 0 aliphatic heterocycles. The van der Waals surface area contributed by atoms with E-state index in [4.69, 9.17) is 14.6 Å². The van der Waals surface area contributed by atoms with Gasteiger partial charge in [-0.2, -0.15) is 0 Å². The highest BCUT2D eigenvalue weighted by molar-refractivity contribution is 4.84. The minimum absolute atomic E-state index is 0.0369. The molecule has 4 nitrogen and oxygen atoms in total. The van der Waals surface area contributed by atoms with E-state index < -0.39 is 5.60 Å². The first-order chi connectivity index (χ1) is 12.5. The number of aliphatic hydroxyl groups is 2. The SMILES string of the molecule is CCCCC(CC)CC(O)(COCCOCCO)CC(CC)CCCC. The number of hydrogen-bond acceptors (Lipinski definition) is 4. The predicted molar refractivity (Wildman–Crippen MR) is 110 cm³/mol. The molecule has 0 radical (unpaired) electrons. The highest BCUT2D eigenvalue weighted by Gasteiger charge is 2.32. The number of aliphatic hydroxyl groups excluding tert-OH is 1. The number of rotatable bonds is 19. The minimum atomic E-state index is -0.736. The Kier molecular flexibility index (Phi) is 16.9. The van der Waals surface area contributed by atoms with Gasteiger partial charge >= 0.3 is 0 Å². The van der Waals surface area contributed by atoms with Crippen LogP contribution in [0.5, 0.6) is 0 Å². The van der Waals surface area contributed by atoms with Crippen LogP contribution in [0.3, 0.4) is 0 Å². The van der Waals surface area contributed by atoms with Crippen LogP contribution < -0.4 is 0 Å². The van der Waals surface area contributed by atoms with Crippen LogP contribution >= 0.6 is 0 Å². The molecule has 0 aromatic heterocycles. The lowest BCUT2D eigenvalue weighted by Gasteiger charge is -2.35. The van der Waals surface area contributed by atoms with E-state index in [1.807, 2.05) is 0 Å². The standard InChI is InChI=1S/C22H46O4/c1-5-9-11-20(7-3)17-22(24,18-21(8-4)12-10-6-2)19-26-16-15-25-14-13-23/h20-21,23-24H,5-19H2,1-4H3. The third kappa shape index (κ3) is 13.1. The zero-order valence-corrected chi connectivity index (χ0v) is 18.0. The van der Waals surface area contributed by atoms with Gasteiger partial charge in [-0.25, -0.2) is 0 Å². The molecule has 4 heteroatoms. The molecule has 0 bridgehead atoms. The van der Waals surface area contributed by atoms with E-state index in [9.17, 15) is 5.11 Å². The fraction of sp³-hybridized carbons (Fsp3) is 1.00. The summed E-state index contributed by atoms with van der Waals surface area (Å²) < 4.78 is 11.0. The molecule has 2 N–H and O–H groups in total. The lowest BCUT2D eigenvalue weighted by Crippen LogP contribution is -2.39. The van der Waals surface area contributed by atoms with Crippen LogP contribution in [0.1, 0.15) is 91.9 Å². The van der Waals surface area contributed by atoms with Crippen LogP contribution in [0.2, 0.25) is 0 Å². The number of ether oxygens (including phenoxy) is 2. The fourth-order valence-electron chi connectivity index (χ4n) is 3.71. The molecular weight excluding hydrogens is 328 g/mol. The van der Waals surface area contributed by atoms with Crippen LogP contribution in [-0.2, 0) is 9.47 Å². The molecule has 26 heavy (non-hydrogen) atoms. The molecule has 2 unspecified atom stereocenters. The van der Waals surface area contributed by atoms with Crippen molar-refractivity contribution in [3.8, 4) is 0 Å². The van der Waals surface area contributed by atoms with Gasteiger partial charge in [-0.3, -0.25) is 0 Å². The largest absolute Gasteiger partial charge is 0.394 e. The smallest absolute Gasteiger partial charge is 0.0885 e. The zero-order chi connectivity index (χ0) is 19.7. The maximum Gasteiger partial charge on any atom is 0.0885 e. The molecule has 0 fully saturated rings. The average molecular weight is 375 g/mol. The summed E-state index contributed by atoms with van der Waals surface area (Å²) in [6.07, 6.45) is 11.2. The van der Waals surface area contributed by atoms with Crippen molar-refractivity contribution < 1.29 is 19.7 Å². The fourth-order valence-corrected chi connectivity index (χ4v) is 3.71. The minimum Gasteiger partial charge on any atom is -0.394 e. The van der Waals surface area contributed by atoms with Gasteiger partial charge in [-0.1, -0.05) is 79.1 Å². The summed E-state index contributed by atoms with van der Waals surface area (Å²) in [6, 6.07) is 0. The van der Waals surface area contributed by atoms with E-state index in [1.165, 1.54) is 38.5 Å². The molecule has 0 aromatic carbocycles. The van der Waals surface area contributed by atoms with Gasteiger partial charge in [0.1, 0.15) is 0 Å². The Labute approximate surface area is 162 Å². The molecule has 2 atom stereocenters. The summed E-state index contributed by atoms with van der Waals surface area (Å²) in [7, 11) is 0. The molecule has 0 amide bonds. The molecule has 0 saturated heterocycles. The highest BCUT2D eigenvalue weighted by Crippen LogP contribution is 2.32. The van der Waals surface area contributed by atoms with Gasteiger partial charge in [0, 0.05) is 0 Å². The van der Waals surface area contributed by atoms with Crippen LogP contribution in [0.15, 0.2) is 0 Å². The lowest BCUT2D eigenvalue weighted by atomic mass is 9.79. The third-order valence-electron chi connectivity index (χ3n) is 5.40. The van der Waals surface area contributed by atoms with E-state index in [0.29, 0.717) is 38.3 Å². The van der Waals surface area contributed by atoms with E-state index in [0.717, 1.165) is 25.7 Å². The van der Waals surface area contributed by atoms with Crippen LogP contribution in [0.25, 0.3) is 0 Å². The highest BCUT2D eigenvalue weighted by atomic mass is 16.5. The van der Waals surface area contributed by atoms with Gasteiger partial charge in [0.2, 0.25) is 0 Å². The molecule has 158 valence electrons. The van der Waals surface area contributed by atoms with Crippen LogP contribution in [-0.4, -0.2) is 48.8 Å². The second-order valence-electron chi connectivity index (χ2n) is 7.85. The van der Waals surface area contributed by atoms with Gasteiger partial charge < -0.3 is 19.7 Å². The average Bonchev–Trinajstić information content (AvgIpc) is 2.65. The molecule has 0 rings (SSSR count). The Bertz CT molecular complexity index is 278. The van der Waals surface area contributed by atoms with Crippen molar-refractivity contribution >= 4 is 0 Å². The van der Waals surface area contributed by atoms with Crippen molar-refractivity contribution in [1.29, 1.82) is 0 Å². The van der Waals surface area contributed by atoms with E-state index in [-0.39, 0.29) is 6.61 Å². The first-order valence-corrected chi connectivity index (χ1v) is 11.0. The predicted octanol–water partition coefficient (Wildman–Crippen LogP) is 4.96. The van der Waals surface area contributed by atoms with Gasteiger partial charge in [0.25, 0.3) is 0 Å². The summed E-state index contributed by atoms with van der Waals surface area (Å²) in [5, 5.41) is 20.2. The van der Waals surface area contributed by atoms with Gasteiger partial charge in [0.15, 0.2) is 0 Å².